The van der Waals surface area contributed by atoms with Gasteiger partial charge in [0.25, 0.3) is 0 Å². The van der Waals surface area contributed by atoms with Crippen LogP contribution in [-0.2, 0) is 6.54 Å². The van der Waals surface area contributed by atoms with Crippen LogP contribution in [-0.4, -0.2) is 27.3 Å². The van der Waals surface area contributed by atoms with Gasteiger partial charge in [0.05, 0.1) is 17.6 Å². The molecule has 0 aliphatic heterocycles. The zero-order valence-corrected chi connectivity index (χ0v) is 10.7. The molecule has 4 nitrogen and oxygen atoms in total. The van der Waals surface area contributed by atoms with Crippen LogP contribution in [0.4, 0.5) is 10.3 Å². The lowest BCUT2D eigenvalue weighted by atomic mass is 10.3. The molecule has 2 N–H and O–H groups in total. The van der Waals surface area contributed by atoms with Crippen molar-refractivity contribution < 1.29 is 9.50 Å². The Kier molecular flexibility index (Phi) is 3.81. The van der Waals surface area contributed by atoms with Crippen LogP contribution in [0.15, 0.2) is 18.2 Å². The van der Waals surface area contributed by atoms with E-state index in [-0.39, 0.29) is 18.5 Å². The molecule has 0 bridgehead atoms. The first-order valence-electron chi connectivity index (χ1n) is 6.19. The Morgan fingerprint density at radius 2 is 2.28 bits per heavy atom. The average molecular weight is 251 g/mol. The molecule has 0 radical (unpaired) electrons. The number of hydrogen-bond acceptors (Lipinski definition) is 3. The molecule has 5 heteroatoms. The predicted octanol–water partition coefficient (Wildman–Crippen LogP) is 2.38. The van der Waals surface area contributed by atoms with Crippen molar-refractivity contribution in [2.45, 2.75) is 32.9 Å². The van der Waals surface area contributed by atoms with Crippen molar-refractivity contribution in [3.05, 3.63) is 24.0 Å². The minimum atomic E-state index is -0.300. The highest BCUT2D eigenvalue weighted by Gasteiger charge is 2.12. The molecule has 2 rings (SSSR count). The Labute approximate surface area is 105 Å². The summed E-state index contributed by atoms with van der Waals surface area (Å²) in [6.45, 7) is 4.61. The van der Waals surface area contributed by atoms with Crippen molar-refractivity contribution in [2.24, 2.45) is 0 Å². The minimum Gasteiger partial charge on any atom is -0.395 e. The molecule has 1 aromatic heterocycles. The van der Waals surface area contributed by atoms with Crippen molar-refractivity contribution in [3.63, 3.8) is 0 Å². The standard InChI is InChI=1S/C13H18FN3O/c1-3-9(2)15-13-16-11-8-10(14)4-5-12(11)17(13)6-7-18/h4-5,8-9,18H,3,6-7H2,1-2H3,(H,15,16). The number of aliphatic hydroxyl groups is 1. The van der Waals surface area contributed by atoms with E-state index in [0.29, 0.717) is 18.0 Å². The van der Waals surface area contributed by atoms with Crippen LogP contribution < -0.4 is 5.32 Å². The Hall–Kier alpha value is -1.62. The smallest absolute Gasteiger partial charge is 0.204 e. The molecule has 0 aliphatic carbocycles. The van der Waals surface area contributed by atoms with E-state index in [9.17, 15) is 4.39 Å². The Bertz CT molecular complexity index is 538. The van der Waals surface area contributed by atoms with Gasteiger partial charge >= 0.3 is 0 Å². The molecular weight excluding hydrogens is 233 g/mol. The first-order chi connectivity index (χ1) is 8.65. The van der Waals surface area contributed by atoms with Crippen LogP contribution in [0.5, 0.6) is 0 Å². The van der Waals surface area contributed by atoms with E-state index < -0.39 is 0 Å². The maximum atomic E-state index is 13.2. The normalized spacial score (nSPS) is 12.9. The number of hydrogen-bond donors (Lipinski definition) is 2. The summed E-state index contributed by atoms with van der Waals surface area (Å²) >= 11 is 0. The van der Waals surface area contributed by atoms with Crippen LogP contribution in [0.1, 0.15) is 20.3 Å². The van der Waals surface area contributed by atoms with Crippen LogP contribution in [0.3, 0.4) is 0 Å². The summed E-state index contributed by atoms with van der Waals surface area (Å²) in [6, 6.07) is 4.79. The summed E-state index contributed by atoms with van der Waals surface area (Å²) < 4.78 is 15.0. The van der Waals surface area contributed by atoms with Crippen molar-refractivity contribution >= 4 is 17.0 Å². The van der Waals surface area contributed by atoms with Gasteiger partial charge in [-0.25, -0.2) is 9.37 Å². The van der Waals surface area contributed by atoms with Gasteiger partial charge in [-0.2, -0.15) is 0 Å². The SMILES string of the molecule is CCC(C)Nc1nc2cc(F)ccc2n1CCO. The van der Waals surface area contributed by atoms with E-state index in [2.05, 4.69) is 24.1 Å². The number of nitrogens with one attached hydrogen (secondary N) is 1. The maximum absolute atomic E-state index is 13.2. The number of anilines is 1. The number of nitrogens with zero attached hydrogens (tertiary/aromatic N) is 2. The first kappa shape index (κ1) is 12.8. The molecule has 0 saturated heterocycles. The summed E-state index contributed by atoms with van der Waals surface area (Å²) in [4.78, 5) is 4.38. The lowest BCUT2D eigenvalue weighted by molar-refractivity contribution is 0.278. The van der Waals surface area contributed by atoms with Gasteiger partial charge in [0.15, 0.2) is 0 Å². The monoisotopic (exact) mass is 251 g/mol. The second kappa shape index (κ2) is 5.35. The van der Waals surface area contributed by atoms with Crippen LogP contribution >= 0.6 is 0 Å². The second-order valence-corrected chi connectivity index (χ2v) is 4.40. The van der Waals surface area contributed by atoms with Gasteiger partial charge in [-0.05, 0) is 25.5 Å². The molecule has 98 valence electrons. The molecule has 18 heavy (non-hydrogen) atoms. The average Bonchev–Trinajstić information content (AvgIpc) is 2.67. The molecule has 0 fully saturated rings. The third kappa shape index (κ3) is 2.46. The molecule has 2 aromatic rings. The summed E-state index contributed by atoms with van der Waals surface area (Å²) in [6.07, 6.45) is 0.969. The van der Waals surface area contributed by atoms with E-state index in [1.807, 2.05) is 4.57 Å². The van der Waals surface area contributed by atoms with Crippen molar-refractivity contribution in [3.8, 4) is 0 Å². The maximum Gasteiger partial charge on any atom is 0.204 e. The Balaban J connectivity index is 2.46. The number of aliphatic hydroxyl groups excluding tert-OH is 1. The Morgan fingerprint density at radius 3 is 2.94 bits per heavy atom. The number of halogens is 1. The van der Waals surface area contributed by atoms with Gasteiger partial charge in [-0.1, -0.05) is 6.92 Å². The summed E-state index contributed by atoms with van der Waals surface area (Å²) in [5, 5.41) is 12.4. The molecule has 1 unspecified atom stereocenters. The highest BCUT2D eigenvalue weighted by molar-refractivity contribution is 5.78. The number of fused-ring (bicyclic) bond motifs is 1. The number of rotatable bonds is 5. The lowest BCUT2D eigenvalue weighted by Crippen LogP contribution is -2.18. The third-order valence-corrected chi connectivity index (χ3v) is 3.02. The van der Waals surface area contributed by atoms with E-state index in [0.717, 1.165) is 11.9 Å². The number of aromatic nitrogens is 2. The molecule has 0 spiro atoms. The number of benzene rings is 1. The lowest BCUT2D eigenvalue weighted by Gasteiger charge is -2.14. The molecule has 1 atom stereocenters. The molecule has 0 amide bonds. The van der Waals surface area contributed by atoms with Gasteiger partial charge in [-0.3, -0.25) is 0 Å². The zero-order chi connectivity index (χ0) is 13.1. The van der Waals surface area contributed by atoms with Crippen LogP contribution in [0, 0.1) is 5.82 Å². The molecule has 1 heterocycles. The van der Waals surface area contributed by atoms with Crippen LogP contribution in [0.2, 0.25) is 0 Å². The largest absolute Gasteiger partial charge is 0.395 e. The van der Waals surface area contributed by atoms with E-state index in [1.54, 1.807) is 6.07 Å². The molecule has 0 saturated carbocycles. The van der Waals surface area contributed by atoms with Crippen LogP contribution in [0.25, 0.3) is 11.0 Å². The van der Waals surface area contributed by atoms with Crippen molar-refractivity contribution in [2.75, 3.05) is 11.9 Å². The highest BCUT2D eigenvalue weighted by atomic mass is 19.1. The molecular formula is C13H18FN3O. The third-order valence-electron chi connectivity index (χ3n) is 3.02. The molecule has 0 aliphatic rings. The van der Waals surface area contributed by atoms with E-state index >= 15 is 0 Å². The summed E-state index contributed by atoms with van der Waals surface area (Å²) in [5.41, 5.74) is 1.44. The number of imidazole rings is 1. The second-order valence-electron chi connectivity index (χ2n) is 4.40. The minimum absolute atomic E-state index is 0.0258. The van der Waals surface area contributed by atoms with Gasteiger partial charge in [-0.15, -0.1) is 0 Å². The fourth-order valence-electron chi connectivity index (χ4n) is 1.86. The zero-order valence-electron chi connectivity index (χ0n) is 10.7. The molecule has 1 aromatic carbocycles. The summed E-state index contributed by atoms with van der Waals surface area (Å²) in [7, 11) is 0. The predicted molar refractivity (Wildman–Crippen MR) is 70.2 cm³/mol. The topological polar surface area (TPSA) is 50.1 Å². The van der Waals surface area contributed by atoms with Gasteiger partial charge in [0.2, 0.25) is 5.95 Å². The highest BCUT2D eigenvalue weighted by Crippen LogP contribution is 2.21. The quantitative estimate of drug-likeness (QED) is 0.857. The van der Waals surface area contributed by atoms with Gasteiger partial charge in [0.1, 0.15) is 5.82 Å². The van der Waals surface area contributed by atoms with Crippen molar-refractivity contribution in [1.29, 1.82) is 0 Å². The van der Waals surface area contributed by atoms with Crippen molar-refractivity contribution in [1.82, 2.24) is 9.55 Å². The van der Waals surface area contributed by atoms with E-state index in [1.165, 1.54) is 12.1 Å². The van der Waals surface area contributed by atoms with Gasteiger partial charge in [0, 0.05) is 18.7 Å². The van der Waals surface area contributed by atoms with E-state index in [4.69, 9.17) is 5.11 Å². The van der Waals surface area contributed by atoms with Gasteiger partial charge < -0.3 is 15.0 Å². The summed E-state index contributed by atoms with van der Waals surface area (Å²) in [5.74, 6) is 0.380. The first-order valence-corrected chi connectivity index (χ1v) is 6.19. The Morgan fingerprint density at radius 1 is 1.50 bits per heavy atom. The fourth-order valence-corrected chi connectivity index (χ4v) is 1.86. The fraction of sp³-hybridized carbons (Fsp3) is 0.462.